The minimum Gasteiger partial charge on any atom is -0.354 e. The number of aromatic nitrogens is 4. The number of hydrogen-bond acceptors (Lipinski definition) is 8. The molecule has 3 amide bonds. The second-order valence-corrected chi connectivity index (χ2v) is 8.45. The largest absolute Gasteiger partial charge is 0.354 e. The summed E-state index contributed by atoms with van der Waals surface area (Å²) in [6, 6.07) is 7.14. The van der Waals surface area contributed by atoms with Gasteiger partial charge in [0, 0.05) is 19.6 Å². The monoisotopic (exact) mass is 458 g/mol. The molecule has 1 N–H and O–H groups in total. The highest BCUT2D eigenvalue weighted by atomic mass is 32.2. The lowest BCUT2D eigenvalue weighted by Gasteiger charge is -2.13. The van der Waals surface area contributed by atoms with Crippen molar-refractivity contribution in [2.24, 2.45) is 0 Å². The van der Waals surface area contributed by atoms with Crippen LogP contribution in [0, 0.1) is 0 Å². The Morgan fingerprint density at radius 2 is 2.06 bits per heavy atom. The first-order valence-electron chi connectivity index (χ1n) is 9.35. The summed E-state index contributed by atoms with van der Waals surface area (Å²) in [6.45, 7) is 4.30. The van der Waals surface area contributed by atoms with Crippen LogP contribution in [0.4, 0.5) is 4.79 Å². The molecule has 0 unspecified atom stereocenters. The van der Waals surface area contributed by atoms with Gasteiger partial charge in [-0.15, -0.1) is 16.8 Å². The molecular formula is C19H18N6O4S2. The van der Waals surface area contributed by atoms with E-state index in [4.69, 9.17) is 0 Å². The van der Waals surface area contributed by atoms with Crippen LogP contribution in [0.5, 0.6) is 0 Å². The first-order valence-corrected chi connectivity index (χ1v) is 11.3. The van der Waals surface area contributed by atoms with Gasteiger partial charge in [-0.3, -0.25) is 33.0 Å². The summed E-state index contributed by atoms with van der Waals surface area (Å²) < 4.78 is 3.23. The van der Waals surface area contributed by atoms with Crippen molar-refractivity contribution in [2.45, 2.75) is 11.7 Å². The zero-order valence-electron chi connectivity index (χ0n) is 16.3. The van der Waals surface area contributed by atoms with Crippen LogP contribution >= 0.6 is 23.5 Å². The maximum atomic E-state index is 12.8. The van der Waals surface area contributed by atoms with Crippen LogP contribution in [0.25, 0.3) is 16.7 Å². The molecular weight excluding hydrogens is 440 g/mol. The average molecular weight is 459 g/mol. The SMILES string of the molecule is C=CCn1c(=O)c2ccccc2n2c(SCC(=O)NCCN3C(=O)CSC3=O)nnc12. The fourth-order valence-corrected chi connectivity index (χ4v) is 4.73. The number of nitrogens with zero attached hydrogens (tertiary/aromatic N) is 5. The number of nitrogens with one attached hydrogen (secondary N) is 1. The van der Waals surface area contributed by atoms with Crippen LogP contribution < -0.4 is 10.9 Å². The Balaban J connectivity index is 1.49. The van der Waals surface area contributed by atoms with E-state index in [0.717, 1.165) is 16.7 Å². The Kier molecular flexibility index (Phi) is 6.09. The van der Waals surface area contributed by atoms with Crippen molar-refractivity contribution in [3.05, 3.63) is 47.3 Å². The molecule has 2 aromatic heterocycles. The highest BCUT2D eigenvalue weighted by Crippen LogP contribution is 2.21. The zero-order chi connectivity index (χ0) is 22.0. The van der Waals surface area contributed by atoms with Crippen molar-refractivity contribution < 1.29 is 14.4 Å². The third kappa shape index (κ3) is 4.08. The van der Waals surface area contributed by atoms with E-state index in [0.29, 0.717) is 21.8 Å². The van der Waals surface area contributed by atoms with E-state index in [9.17, 15) is 19.2 Å². The second-order valence-electron chi connectivity index (χ2n) is 6.58. The van der Waals surface area contributed by atoms with Gasteiger partial charge < -0.3 is 5.32 Å². The summed E-state index contributed by atoms with van der Waals surface area (Å²) in [5.74, 6) is 0.0677. The molecule has 1 aliphatic rings. The van der Waals surface area contributed by atoms with Gasteiger partial charge >= 0.3 is 0 Å². The fourth-order valence-electron chi connectivity index (χ4n) is 3.21. The Bertz CT molecular complexity index is 1250. The molecule has 31 heavy (non-hydrogen) atoms. The lowest BCUT2D eigenvalue weighted by atomic mass is 10.2. The number of hydrogen-bond donors (Lipinski definition) is 1. The molecule has 4 rings (SSSR count). The minimum absolute atomic E-state index is 0.0619. The molecule has 0 bridgehead atoms. The topological polar surface area (TPSA) is 119 Å². The molecule has 1 aliphatic heterocycles. The zero-order valence-corrected chi connectivity index (χ0v) is 17.9. The Morgan fingerprint density at radius 3 is 2.81 bits per heavy atom. The van der Waals surface area contributed by atoms with Gasteiger partial charge in [0.15, 0.2) is 5.16 Å². The van der Waals surface area contributed by atoms with Crippen LogP contribution in [-0.2, 0) is 16.1 Å². The summed E-state index contributed by atoms with van der Waals surface area (Å²) in [7, 11) is 0. The van der Waals surface area contributed by atoms with Crippen LogP contribution in [0.3, 0.4) is 0 Å². The number of benzene rings is 1. The molecule has 3 heterocycles. The normalized spacial score (nSPS) is 14.0. The fraction of sp³-hybridized carbons (Fsp3) is 0.263. The maximum Gasteiger partial charge on any atom is 0.288 e. The quantitative estimate of drug-likeness (QED) is 0.394. The molecule has 0 saturated carbocycles. The highest BCUT2D eigenvalue weighted by Gasteiger charge is 2.29. The van der Waals surface area contributed by atoms with Gasteiger partial charge in [-0.25, -0.2) is 0 Å². The van der Waals surface area contributed by atoms with Gasteiger partial charge in [0.05, 0.1) is 22.4 Å². The number of carbonyl (C=O) groups excluding carboxylic acids is 3. The molecule has 1 fully saturated rings. The van der Waals surface area contributed by atoms with Gasteiger partial charge in [-0.2, -0.15) is 0 Å². The van der Waals surface area contributed by atoms with Crippen LogP contribution in [-0.4, -0.2) is 65.7 Å². The molecule has 12 heteroatoms. The number of allylic oxidation sites excluding steroid dienone is 1. The Morgan fingerprint density at radius 1 is 1.26 bits per heavy atom. The van der Waals surface area contributed by atoms with E-state index in [1.165, 1.54) is 16.3 Å². The highest BCUT2D eigenvalue weighted by molar-refractivity contribution is 8.14. The van der Waals surface area contributed by atoms with E-state index in [2.05, 4.69) is 22.1 Å². The van der Waals surface area contributed by atoms with E-state index >= 15 is 0 Å². The third-order valence-corrected chi connectivity index (χ3v) is 6.41. The number of carbonyl (C=O) groups is 3. The van der Waals surface area contributed by atoms with Gasteiger partial charge in [0.1, 0.15) is 0 Å². The predicted molar refractivity (Wildman–Crippen MR) is 118 cm³/mol. The van der Waals surface area contributed by atoms with E-state index in [1.807, 2.05) is 6.07 Å². The summed E-state index contributed by atoms with van der Waals surface area (Å²) in [5.41, 5.74) is 0.466. The van der Waals surface area contributed by atoms with Crippen molar-refractivity contribution in [1.82, 2.24) is 29.4 Å². The van der Waals surface area contributed by atoms with Gasteiger partial charge in [-0.1, -0.05) is 41.7 Å². The first kappa shape index (κ1) is 21.1. The number of fused-ring (bicyclic) bond motifs is 3. The third-order valence-electron chi connectivity index (χ3n) is 4.62. The van der Waals surface area contributed by atoms with Gasteiger partial charge in [-0.05, 0) is 12.1 Å². The van der Waals surface area contributed by atoms with E-state index in [1.54, 1.807) is 28.7 Å². The van der Waals surface area contributed by atoms with Crippen molar-refractivity contribution in [1.29, 1.82) is 0 Å². The average Bonchev–Trinajstić information content (AvgIpc) is 3.33. The molecule has 0 radical (unpaired) electrons. The number of rotatable bonds is 8. The molecule has 160 valence electrons. The van der Waals surface area contributed by atoms with Crippen molar-refractivity contribution in [3.8, 4) is 0 Å². The molecule has 10 nitrogen and oxygen atoms in total. The summed E-state index contributed by atoms with van der Waals surface area (Å²) in [4.78, 5) is 49.3. The van der Waals surface area contributed by atoms with Crippen molar-refractivity contribution >= 4 is 57.3 Å². The Hall–Kier alpha value is -3.12. The molecule has 3 aromatic rings. The predicted octanol–water partition coefficient (Wildman–Crippen LogP) is 1.13. The molecule has 0 aliphatic carbocycles. The first-order chi connectivity index (χ1) is 15.0. The maximum absolute atomic E-state index is 12.8. The standard InChI is InChI=1S/C19H18N6O4S2/c1-2-8-24-16(28)12-5-3-4-6-13(12)25-17(24)21-22-18(25)30-10-14(26)20-7-9-23-15(27)11-31-19(23)29/h2-6H,1,7-11H2,(H,20,26). The van der Waals surface area contributed by atoms with E-state index < -0.39 is 0 Å². The van der Waals surface area contributed by atoms with Gasteiger partial charge in [0.2, 0.25) is 17.6 Å². The molecule has 0 spiro atoms. The molecule has 0 atom stereocenters. The number of amides is 3. The number of thioether (sulfide) groups is 2. The lowest BCUT2D eigenvalue weighted by molar-refractivity contribution is -0.125. The summed E-state index contributed by atoms with van der Waals surface area (Å²) >= 11 is 2.14. The van der Waals surface area contributed by atoms with Gasteiger partial charge in [0.25, 0.3) is 10.8 Å². The van der Waals surface area contributed by atoms with E-state index in [-0.39, 0.29) is 53.8 Å². The Labute approximate surface area is 184 Å². The summed E-state index contributed by atoms with van der Waals surface area (Å²) in [6.07, 6.45) is 1.61. The van der Waals surface area contributed by atoms with Crippen LogP contribution in [0.2, 0.25) is 0 Å². The number of para-hydroxylation sites is 1. The summed E-state index contributed by atoms with van der Waals surface area (Å²) in [5, 5.41) is 11.7. The van der Waals surface area contributed by atoms with Crippen molar-refractivity contribution in [3.63, 3.8) is 0 Å². The molecule has 1 saturated heterocycles. The van der Waals surface area contributed by atoms with Crippen LogP contribution in [0.1, 0.15) is 0 Å². The second kappa shape index (κ2) is 8.94. The van der Waals surface area contributed by atoms with Crippen LogP contribution in [0.15, 0.2) is 46.9 Å². The lowest BCUT2D eigenvalue weighted by Crippen LogP contribution is -2.38. The molecule has 1 aromatic carbocycles. The smallest absolute Gasteiger partial charge is 0.288 e. The minimum atomic E-state index is -0.291. The number of imide groups is 1. The van der Waals surface area contributed by atoms with Crippen molar-refractivity contribution in [2.75, 3.05) is 24.6 Å².